The number of urea groups is 1. The molecule has 1 aliphatic rings. The van der Waals surface area contributed by atoms with Crippen LogP contribution in [0.25, 0.3) is 0 Å². The van der Waals surface area contributed by atoms with E-state index in [0.717, 1.165) is 43.1 Å². The molecule has 2 aromatic carbocycles. The molecule has 0 aliphatic carbocycles. The molecular weight excluding hydrogens is 382 g/mol. The van der Waals surface area contributed by atoms with Crippen LogP contribution < -0.4 is 10.6 Å². The van der Waals surface area contributed by atoms with Gasteiger partial charge in [-0.05, 0) is 60.6 Å². The molecule has 2 N–H and O–H groups in total. The maximum absolute atomic E-state index is 12.4. The summed E-state index contributed by atoms with van der Waals surface area (Å²) in [7, 11) is 0. The summed E-state index contributed by atoms with van der Waals surface area (Å²) in [6.45, 7) is 3.77. The quantitative estimate of drug-likeness (QED) is 0.650. The standard InChI is InChI=1S/C23H29N3O2S/c1-2-29-17-18-7-9-19(10-8-18)22(27)24-20-11-13-21(14-12-20)25-23(28)26-15-5-3-4-6-16-26/h7-14H,2-6,15-17H2,1H3,(H,24,27)(H,25,28). The highest BCUT2D eigenvalue weighted by Crippen LogP contribution is 2.18. The molecule has 0 atom stereocenters. The van der Waals surface area contributed by atoms with Gasteiger partial charge in [-0.3, -0.25) is 4.79 Å². The monoisotopic (exact) mass is 411 g/mol. The number of thioether (sulfide) groups is 1. The number of hydrogen-bond acceptors (Lipinski definition) is 3. The average molecular weight is 412 g/mol. The molecule has 1 heterocycles. The van der Waals surface area contributed by atoms with E-state index in [1.807, 2.05) is 65.2 Å². The smallest absolute Gasteiger partial charge is 0.321 e. The van der Waals surface area contributed by atoms with Crippen LogP contribution >= 0.6 is 11.8 Å². The first-order valence-corrected chi connectivity index (χ1v) is 11.4. The average Bonchev–Trinajstić information content (AvgIpc) is 3.04. The minimum Gasteiger partial charge on any atom is -0.325 e. The van der Waals surface area contributed by atoms with Crippen molar-refractivity contribution in [2.24, 2.45) is 0 Å². The van der Waals surface area contributed by atoms with Crippen molar-refractivity contribution in [3.8, 4) is 0 Å². The number of carbonyl (C=O) groups excluding carboxylic acids is 2. The highest BCUT2D eigenvalue weighted by Gasteiger charge is 2.15. The zero-order chi connectivity index (χ0) is 20.5. The van der Waals surface area contributed by atoms with Crippen molar-refractivity contribution in [3.05, 3.63) is 59.7 Å². The summed E-state index contributed by atoms with van der Waals surface area (Å²) in [5, 5.41) is 5.85. The molecule has 1 aliphatic heterocycles. The minimum atomic E-state index is -0.138. The van der Waals surface area contributed by atoms with E-state index >= 15 is 0 Å². The van der Waals surface area contributed by atoms with Crippen molar-refractivity contribution < 1.29 is 9.59 Å². The van der Waals surface area contributed by atoms with Crippen LogP contribution in [-0.4, -0.2) is 35.7 Å². The Labute approximate surface area is 177 Å². The summed E-state index contributed by atoms with van der Waals surface area (Å²) < 4.78 is 0. The van der Waals surface area contributed by atoms with Gasteiger partial charge in [-0.1, -0.05) is 31.9 Å². The summed E-state index contributed by atoms with van der Waals surface area (Å²) in [5.41, 5.74) is 3.29. The molecule has 154 valence electrons. The molecule has 3 rings (SSSR count). The van der Waals surface area contributed by atoms with Crippen molar-refractivity contribution >= 4 is 35.1 Å². The van der Waals surface area contributed by atoms with Gasteiger partial charge in [-0.25, -0.2) is 4.79 Å². The van der Waals surface area contributed by atoms with E-state index in [1.54, 1.807) is 0 Å². The second kappa shape index (κ2) is 10.9. The largest absolute Gasteiger partial charge is 0.325 e. The molecule has 2 aromatic rings. The van der Waals surface area contributed by atoms with Crippen LogP contribution in [0.15, 0.2) is 48.5 Å². The fraction of sp³-hybridized carbons (Fsp3) is 0.391. The third kappa shape index (κ3) is 6.53. The third-order valence-electron chi connectivity index (χ3n) is 4.98. The second-order valence-electron chi connectivity index (χ2n) is 7.20. The van der Waals surface area contributed by atoms with Crippen LogP contribution in [0.1, 0.15) is 48.5 Å². The number of benzene rings is 2. The van der Waals surface area contributed by atoms with Gasteiger partial charge in [0, 0.05) is 35.8 Å². The molecule has 0 bridgehead atoms. The summed E-state index contributed by atoms with van der Waals surface area (Å²) in [5.74, 6) is 1.90. The number of rotatable bonds is 6. The number of nitrogens with one attached hydrogen (secondary N) is 2. The summed E-state index contributed by atoms with van der Waals surface area (Å²) in [4.78, 5) is 26.7. The van der Waals surface area contributed by atoms with Gasteiger partial charge in [-0.2, -0.15) is 11.8 Å². The number of carbonyl (C=O) groups is 2. The Balaban J connectivity index is 1.53. The fourth-order valence-electron chi connectivity index (χ4n) is 3.29. The topological polar surface area (TPSA) is 61.4 Å². The first-order chi connectivity index (χ1) is 14.2. The minimum absolute atomic E-state index is 0.0509. The molecule has 0 unspecified atom stereocenters. The number of likely N-dealkylation sites (tertiary alicyclic amines) is 1. The van der Waals surface area contributed by atoms with Crippen LogP contribution in [0.4, 0.5) is 16.2 Å². The van der Waals surface area contributed by atoms with E-state index in [2.05, 4.69) is 17.6 Å². The van der Waals surface area contributed by atoms with Gasteiger partial charge in [0.2, 0.25) is 0 Å². The Bertz CT molecular complexity index is 798. The van der Waals surface area contributed by atoms with Gasteiger partial charge in [0.25, 0.3) is 5.91 Å². The number of amides is 3. The molecule has 0 saturated carbocycles. The predicted octanol–water partition coefficient (Wildman–Crippen LogP) is 5.60. The van der Waals surface area contributed by atoms with E-state index < -0.39 is 0 Å². The van der Waals surface area contributed by atoms with Gasteiger partial charge in [0.05, 0.1) is 0 Å². The Morgan fingerprint density at radius 1 is 0.862 bits per heavy atom. The van der Waals surface area contributed by atoms with E-state index in [0.29, 0.717) is 11.3 Å². The predicted molar refractivity (Wildman–Crippen MR) is 122 cm³/mol. The zero-order valence-electron chi connectivity index (χ0n) is 16.9. The molecule has 0 radical (unpaired) electrons. The normalized spacial score (nSPS) is 14.2. The maximum atomic E-state index is 12.4. The van der Waals surface area contributed by atoms with Crippen molar-refractivity contribution in [1.82, 2.24) is 4.90 Å². The first kappa shape index (κ1) is 21.2. The Morgan fingerprint density at radius 3 is 2.03 bits per heavy atom. The Morgan fingerprint density at radius 2 is 1.45 bits per heavy atom. The lowest BCUT2D eigenvalue weighted by atomic mass is 10.1. The lowest BCUT2D eigenvalue weighted by Crippen LogP contribution is -2.35. The SMILES string of the molecule is CCSCc1ccc(C(=O)Nc2ccc(NC(=O)N3CCCCCC3)cc2)cc1. The molecule has 5 nitrogen and oxygen atoms in total. The molecule has 1 saturated heterocycles. The maximum Gasteiger partial charge on any atom is 0.321 e. The lowest BCUT2D eigenvalue weighted by molar-refractivity contribution is 0.102. The van der Waals surface area contributed by atoms with Crippen LogP contribution in [0.2, 0.25) is 0 Å². The van der Waals surface area contributed by atoms with Crippen LogP contribution in [-0.2, 0) is 5.75 Å². The summed E-state index contributed by atoms with van der Waals surface area (Å²) in [6, 6.07) is 14.9. The third-order valence-corrected chi connectivity index (χ3v) is 5.92. The van der Waals surface area contributed by atoms with Crippen LogP contribution in [0.3, 0.4) is 0 Å². The van der Waals surface area contributed by atoms with E-state index in [9.17, 15) is 9.59 Å². The molecule has 0 spiro atoms. The van der Waals surface area contributed by atoms with Gasteiger partial charge < -0.3 is 15.5 Å². The molecule has 6 heteroatoms. The molecule has 29 heavy (non-hydrogen) atoms. The van der Waals surface area contributed by atoms with Gasteiger partial charge in [-0.15, -0.1) is 0 Å². The number of nitrogens with zero attached hydrogens (tertiary/aromatic N) is 1. The van der Waals surface area contributed by atoms with Crippen molar-refractivity contribution in [2.45, 2.75) is 38.4 Å². The molecular formula is C23H29N3O2S. The molecule has 3 amide bonds. The summed E-state index contributed by atoms with van der Waals surface area (Å²) >= 11 is 1.86. The van der Waals surface area contributed by atoms with Gasteiger partial charge >= 0.3 is 6.03 Å². The van der Waals surface area contributed by atoms with E-state index in [4.69, 9.17) is 0 Å². The molecule has 0 aromatic heterocycles. The van der Waals surface area contributed by atoms with Crippen molar-refractivity contribution in [2.75, 3.05) is 29.5 Å². The van der Waals surface area contributed by atoms with Crippen LogP contribution in [0, 0.1) is 0 Å². The number of anilines is 2. The van der Waals surface area contributed by atoms with Crippen LogP contribution in [0.5, 0.6) is 0 Å². The highest BCUT2D eigenvalue weighted by atomic mass is 32.2. The van der Waals surface area contributed by atoms with Crippen molar-refractivity contribution in [1.29, 1.82) is 0 Å². The zero-order valence-corrected chi connectivity index (χ0v) is 17.8. The second-order valence-corrected chi connectivity index (χ2v) is 8.47. The highest BCUT2D eigenvalue weighted by molar-refractivity contribution is 7.98. The van der Waals surface area contributed by atoms with Gasteiger partial charge in [0.15, 0.2) is 0 Å². The number of hydrogen-bond donors (Lipinski definition) is 2. The van der Waals surface area contributed by atoms with E-state index in [-0.39, 0.29) is 11.9 Å². The van der Waals surface area contributed by atoms with Crippen molar-refractivity contribution in [3.63, 3.8) is 0 Å². The first-order valence-electron chi connectivity index (χ1n) is 10.3. The summed E-state index contributed by atoms with van der Waals surface area (Å²) in [6.07, 6.45) is 4.52. The Hall–Kier alpha value is -2.47. The lowest BCUT2D eigenvalue weighted by Gasteiger charge is -2.20. The van der Waals surface area contributed by atoms with E-state index in [1.165, 1.54) is 18.4 Å². The Kier molecular flexibility index (Phi) is 7.99. The fourth-order valence-corrected chi connectivity index (χ4v) is 3.92. The van der Waals surface area contributed by atoms with Gasteiger partial charge in [0.1, 0.15) is 0 Å². The molecule has 1 fully saturated rings.